The van der Waals surface area contributed by atoms with E-state index in [0.29, 0.717) is 17.3 Å². The third kappa shape index (κ3) is 5.89. The molecule has 9 heteroatoms. The fourth-order valence-corrected chi connectivity index (χ4v) is 3.55. The van der Waals surface area contributed by atoms with Crippen molar-refractivity contribution >= 4 is 34.7 Å². The van der Waals surface area contributed by atoms with Crippen LogP contribution in [0, 0.1) is 0 Å². The summed E-state index contributed by atoms with van der Waals surface area (Å²) in [7, 11) is 0. The van der Waals surface area contributed by atoms with Crippen molar-refractivity contribution in [1.29, 1.82) is 0 Å². The van der Waals surface area contributed by atoms with Gasteiger partial charge in [-0.25, -0.2) is 4.98 Å². The first kappa shape index (κ1) is 22.0. The number of carbonyl (C=O) groups is 3. The normalized spacial score (nSPS) is 10.4. The van der Waals surface area contributed by atoms with Gasteiger partial charge in [-0.1, -0.05) is 12.1 Å². The summed E-state index contributed by atoms with van der Waals surface area (Å²) in [5.41, 5.74) is 6.83. The average molecular weight is 439 g/mol. The Hall–Kier alpha value is -3.72. The largest absolute Gasteiger partial charge is 0.494 e. The van der Waals surface area contributed by atoms with Crippen molar-refractivity contribution in [3.05, 3.63) is 65.2 Å². The van der Waals surface area contributed by atoms with Gasteiger partial charge >= 0.3 is 0 Å². The van der Waals surface area contributed by atoms with Crippen LogP contribution in [0.5, 0.6) is 5.75 Å². The quantitative estimate of drug-likeness (QED) is 0.474. The van der Waals surface area contributed by atoms with Crippen LogP contribution < -0.4 is 21.1 Å². The number of hydrogen-bond acceptors (Lipinski definition) is 6. The minimum absolute atomic E-state index is 0.0351. The standard InChI is InChI=1S/C22H22N4O4S/c1-2-30-15-9-7-14(8-10-15)22-26-18(13-31-22)21(29)25-17-6-4-3-5-16(17)20(28)24-12-11-19(23)27/h3-10,13H,2,11-12H2,1H3,(H2,23,27)(H,24,28)(H,25,29). The lowest BCUT2D eigenvalue weighted by atomic mass is 10.1. The minimum Gasteiger partial charge on any atom is -0.494 e. The number of anilines is 1. The number of thiazole rings is 1. The number of primary amides is 1. The number of nitrogens with zero attached hydrogens (tertiary/aromatic N) is 1. The number of carbonyl (C=O) groups excluding carboxylic acids is 3. The Labute approximate surface area is 183 Å². The van der Waals surface area contributed by atoms with Crippen molar-refractivity contribution in [2.75, 3.05) is 18.5 Å². The van der Waals surface area contributed by atoms with E-state index in [1.54, 1.807) is 29.6 Å². The van der Waals surface area contributed by atoms with E-state index in [9.17, 15) is 14.4 Å². The van der Waals surface area contributed by atoms with Gasteiger partial charge in [0.25, 0.3) is 11.8 Å². The highest BCUT2D eigenvalue weighted by molar-refractivity contribution is 7.13. The molecule has 0 aliphatic carbocycles. The monoisotopic (exact) mass is 438 g/mol. The molecule has 0 radical (unpaired) electrons. The summed E-state index contributed by atoms with van der Waals surface area (Å²) in [5, 5.41) is 7.70. The Morgan fingerprint density at radius 2 is 1.81 bits per heavy atom. The second-order valence-electron chi connectivity index (χ2n) is 6.47. The van der Waals surface area contributed by atoms with Crippen LogP contribution in [0.1, 0.15) is 34.2 Å². The number of nitrogens with two attached hydrogens (primary N) is 1. The van der Waals surface area contributed by atoms with E-state index in [1.807, 2.05) is 31.2 Å². The van der Waals surface area contributed by atoms with E-state index >= 15 is 0 Å². The van der Waals surface area contributed by atoms with Crippen molar-refractivity contribution in [3.8, 4) is 16.3 Å². The summed E-state index contributed by atoms with van der Waals surface area (Å²) in [5.74, 6) is -0.573. The molecule has 0 spiro atoms. The van der Waals surface area contributed by atoms with Crippen LogP contribution in [-0.2, 0) is 4.79 Å². The van der Waals surface area contributed by atoms with E-state index < -0.39 is 17.7 Å². The predicted octanol–water partition coefficient (Wildman–Crippen LogP) is 3.07. The Morgan fingerprint density at radius 3 is 2.52 bits per heavy atom. The molecule has 3 amide bonds. The number of nitrogens with one attached hydrogen (secondary N) is 2. The molecule has 160 valence electrons. The third-order valence-electron chi connectivity index (χ3n) is 4.23. The zero-order valence-electron chi connectivity index (χ0n) is 16.9. The van der Waals surface area contributed by atoms with Gasteiger partial charge < -0.3 is 21.1 Å². The highest BCUT2D eigenvalue weighted by Crippen LogP contribution is 2.26. The van der Waals surface area contributed by atoms with Gasteiger partial charge in [0.15, 0.2) is 0 Å². The van der Waals surface area contributed by atoms with Crippen LogP contribution in [0.2, 0.25) is 0 Å². The molecule has 1 heterocycles. The molecular formula is C22H22N4O4S. The molecular weight excluding hydrogens is 416 g/mol. The summed E-state index contributed by atoms with van der Waals surface area (Å²) in [4.78, 5) is 40.3. The highest BCUT2D eigenvalue weighted by atomic mass is 32.1. The van der Waals surface area contributed by atoms with E-state index in [4.69, 9.17) is 10.5 Å². The van der Waals surface area contributed by atoms with Gasteiger partial charge in [0, 0.05) is 23.9 Å². The molecule has 31 heavy (non-hydrogen) atoms. The SMILES string of the molecule is CCOc1ccc(-c2nc(C(=O)Nc3ccccc3C(=O)NCCC(N)=O)cs2)cc1. The number of amides is 3. The fourth-order valence-electron chi connectivity index (χ4n) is 2.74. The molecule has 0 fully saturated rings. The molecule has 2 aromatic carbocycles. The van der Waals surface area contributed by atoms with Gasteiger partial charge in [-0.05, 0) is 43.3 Å². The van der Waals surface area contributed by atoms with E-state index in [-0.39, 0.29) is 24.2 Å². The van der Waals surface area contributed by atoms with Gasteiger partial charge in [0.05, 0.1) is 17.9 Å². The predicted molar refractivity (Wildman–Crippen MR) is 119 cm³/mol. The molecule has 1 aromatic heterocycles. The maximum absolute atomic E-state index is 12.7. The highest BCUT2D eigenvalue weighted by Gasteiger charge is 2.16. The number of benzene rings is 2. The first-order valence-corrected chi connectivity index (χ1v) is 10.5. The maximum atomic E-state index is 12.7. The summed E-state index contributed by atoms with van der Waals surface area (Å²) >= 11 is 1.35. The van der Waals surface area contributed by atoms with Crippen molar-refractivity contribution in [1.82, 2.24) is 10.3 Å². The van der Waals surface area contributed by atoms with Gasteiger partial charge in [-0.2, -0.15) is 0 Å². The van der Waals surface area contributed by atoms with Crippen molar-refractivity contribution in [3.63, 3.8) is 0 Å². The first-order chi connectivity index (χ1) is 15.0. The molecule has 0 aliphatic rings. The number of para-hydroxylation sites is 1. The molecule has 0 unspecified atom stereocenters. The number of rotatable bonds is 9. The van der Waals surface area contributed by atoms with Gasteiger partial charge in [-0.15, -0.1) is 11.3 Å². The van der Waals surface area contributed by atoms with Gasteiger partial charge in [-0.3, -0.25) is 14.4 Å². The smallest absolute Gasteiger partial charge is 0.275 e. The summed E-state index contributed by atoms with van der Waals surface area (Å²) < 4.78 is 5.44. The Kier molecular flexibility index (Phi) is 7.34. The molecule has 8 nitrogen and oxygen atoms in total. The van der Waals surface area contributed by atoms with Crippen LogP contribution in [-0.4, -0.2) is 35.9 Å². The van der Waals surface area contributed by atoms with Gasteiger partial charge in [0.2, 0.25) is 5.91 Å². The molecule has 0 saturated heterocycles. The molecule has 0 aliphatic heterocycles. The second kappa shape index (κ2) is 10.4. The van der Waals surface area contributed by atoms with Crippen molar-refractivity contribution < 1.29 is 19.1 Å². The average Bonchev–Trinajstić information content (AvgIpc) is 3.25. The first-order valence-electron chi connectivity index (χ1n) is 9.63. The fraction of sp³-hybridized carbons (Fsp3) is 0.182. The van der Waals surface area contributed by atoms with Crippen LogP contribution in [0.4, 0.5) is 5.69 Å². The molecule has 3 rings (SSSR count). The Morgan fingerprint density at radius 1 is 1.06 bits per heavy atom. The van der Waals surface area contributed by atoms with Crippen LogP contribution in [0.15, 0.2) is 53.9 Å². The summed E-state index contributed by atoms with van der Waals surface area (Å²) in [6, 6.07) is 14.1. The Bertz CT molecular complexity index is 1080. The van der Waals surface area contributed by atoms with Crippen LogP contribution >= 0.6 is 11.3 Å². The van der Waals surface area contributed by atoms with E-state index in [2.05, 4.69) is 15.6 Å². The van der Waals surface area contributed by atoms with Gasteiger partial charge in [0.1, 0.15) is 16.5 Å². The lowest BCUT2D eigenvalue weighted by Gasteiger charge is -2.10. The number of aromatic nitrogens is 1. The topological polar surface area (TPSA) is 123 Å². The maximum Gasteiger partial charge on any atom is 0.275 e. The molecule has 0 saturated carbocycles. The zero-order chi connectivity index (χ0) is 22.2. The second-order valence-corrected chi connectivity index (χ2v) is 7.33. The molecule has 0 atom stereocenters. The van der Waals surface area contributed by atoms with Crippen molar-refractivity contribution in [2.24, 2.45) is 5.73 Å². The van der Waals surface area contributed by atoms with Crippen LogP contribution in [0.3, 0.4) is 0 Å². The molecule has 4 N–H and O–H groups in total. The number of hydrogen-bond donors (Lipinski definition) is 3. The third-order valence-corrected chi connectivity index (χ3v) is 5.12. The lowest BCUT2D eigenvalue weighted by Crippen LogP contribution is -2.28. The zero-order valence-corrected chi connectivity index (χ0v) is 17.7. The van der Waals surface area contributed by atoms with E-state index in [0.717, 1.165) is 11.3 Å². The number of ether oxygens (including phenoxy) is 1. The molecule has 0 bridgehead atoms. The minimum atomic E-state index is -0.506. The van der Waals surface area contributed by atoms with Crippen LogP contribution in [0.25, 0.3) is 10.6 Å². The molecule has 3 aromatic rings. The Balaban J connectivity index is 1.70. The summed E-state index contributed by atoms with van der Waals surface area (Å²) in [6.45, 7) is 2.63. The lowest BCUT2D eigenvalue weighted by molar-refractivity contribution is -0.117. The van der Waals surface area contributed by atoms with Crippen molar-refractivity contribution in [2.45, 2.75) is 13.3 Å². The van der Waals surface area contributed by atoms with E-state index in [1.165, 1.54) is 11.3 Å². The summed E-state index contributed by atoms with van der Waals surface area (Å²) in [6.07, 6.45) is 0.0351.